The van der Waals surface area contributed by atoms with Crippen LogP contribution < -0.4 is 10.6 Å². The maximum absolute atomic E-state index is 13.9. The van der Waals surface area contributed by atoms with Crippen LogP contribution in [0.25, 0.3) is 0 Å². The van der Waals surface area contributed by atoms with Crippen LogP contribution in [-0.2, 0) is 10.0 Å². The highest BCUT2D eigenvalue weighted by molar-refractivity contribution is 7.89. The summed E-state index contributed by atoms with van der Waals surface area (Å²) in [6.45, 7) is 0.384. The van der Waals surface area contributed by atoms with Crippen molar-refractivity contribution in [3.63, 3.8) is 0 Å². The van der Waals surface area contributed by atoms with Crippen molar-refractivity contribution in [2.45, 2.75) is 4.90 Å². The third-order valence-electron chi connectivity index (χ3n) is 4.11. The lowest BCUT2D eigenvalue weighted by molar-refractivity contribution is 0.1000. The topological polar surface area (TPSA) is 96.6 Å². The number of aromatic nitrogens is 1. The lowest BCUT2D eigenvalue weighted by Crippen LogP contribution is -2.49. The minimum absolute atomic E-state index is 0.00904. The number of hydrogen-bond donors (Lipinski definition) is 1. The molecular formula is C16H16F2N4O3S. The monoisotopic (exact) mass is 382 g/mol. The number of piperazine rings is 1. The zero-order valence-corrected chi connectivity index (χ0v) is 14.4. The molecule has 1 aliphatic heterocycles. The van der Waals surface area contributed by atoms with E-state index in [1.54, 1.807) is 11.0 Å². The van der Waals surface area contributed by atoms with E-state index >= 15 is 0 Å². The minimum atomic E-state index is -4.31. The lowest BCUT2D eigenvalue weighted by Gasteiger charge is -2.35. The van der Waals surface area contributed by atoms with E-state index in [0.717, 1.165) is 22.5 Å². The number of hydrogen-bond acceptors (Lipinski definition) is 5. The van der Waals surface area contributed by atoms with E-state index in [1.165, 1.54) is 12.3 Å². The Hall–Kier alpha value is -2.59. The van der Waals surface area contributed by atoms with Crippen molar-refractivity contribution >= 4 is 21.7 Å². The Morgan fingerprint density at radius 2 is 1.65 bits per heavy atom. The zero-order chi connectivity index (χ0) is 18.9. The van der Waals surface area contributed by atoms with Crippen molar-refractivity contribution in [2.75, 3.05) is 31.1 Å². The van der Waals surface area contributed by atoms with Crippen molar-refractivity contribution in [1.82, 2.24) is 9.29 Å². The van der Waals surface area contributed by atoms with E-state index in [4.69, 9.17) is 5.73 Å². The minimum Gasteiger partial charge on any atom is -0.365 e. The number of anilines is 1. The van der Waals surface area contributed by atoms with Gasteiger partial charge in [-0.25, -0.2) is 22.2 Å². The van der Waals surface area contributed by atoms with Gasteiger partial charge in [0.1, 0.15) is 17.5 Å². The predicted molar refractivity (Wildman–Crippen MR) is 90.1 cm³/mol. The van der Waals surface area contributed by atoms with E-state index in [2.05, 4.69) is 4.98 Å². The van der Waals surface area contributed by atoms with Crippen molar-refractivity contribution < 1.29 is 22.0 Å². The van der Waals surface area contributed by atoms with Gasteiger partial charge in [-0.1, -0.05) is 6.07 Å². The highest BCUT2D eigenvalue weighted by Gasteiger charge is 2.33. The van der Waals surface area contributed by atoms with Gasteiger partial charge >= 0.3 is 0 Å². The Bertz CT molecular complexity index is 924. The third-order valence-corrected chi connectivity index (χ3v) is 6.06. The maximum Gasteiger partial charge on any atom is 0.252 e. The Kier molecular flexibility index (Phi) is 4.88. The van der Waals surface area contributed by atoms with E-state index in [-0.39, 0.29) is 31.7 Å². The van der Waals surface area contributed by atoms with E-state index in [1.807, 2.05) is 0 Å². The molecule has 2 N–H and O–H groups in total. The molecular weight excluding hydrogens is 366 g/mol. The molecule has 3 rings (SSSR count). The van der Waals surface area contributed by atoms with E-state index < -0.39 is 32.5 Å². The number of nitrogens with two attached hydrogens (primary N) is 1. The van der Waals surface area contributed by atoms with Crippen LogP contribution in [-0.4, -0.2) is 49.8 Å². The fraction of sp³-hybridized carbons (Fsp3) is 0.250. The van der Waals surface area contributed by atoms with Gasteiger partial charge in [0.05, 0.1) is 5.56 Å². The molecule has 2 aromatic rings. The van der Waals surface area contributed by atoms with Gasteiger partial charge in [-0.2, -0.15) is 4.31 Å². The molecule has 26 heavy (non-hydrogen) atoms. The van der Waals surface area contributed by atoms with Gasteiger partial charge in [0, 0.05) is 32.4 Å². The van der Waals surface area contributed by atoms with E-state index in [9.17, 15) is 22.0 Å². The Labute approximate surface area is 149 Å². The summed E-state index contributed by atoms with van der Waals surface area (Å²) < 4.78 is 53.9. The molecule has 0 unspecified atom stereocenters. The number of nitrogens with zero attached hydrogens (tertiary/aromatic N) is 3. The zero-order valence-electron chi connectivity index (χ0n) is 13.6. The van der Waals surface area contributed by atoms with Gasteiger partial charge in [-0.15, -0.1) is 0 Å². The standard InChI is InChI=1S/C16H16F2N4O3S/c17-12-4-1-5-13(18)14(12)26(24,25)22-9-7-21(8-10-22)16-11(15(19)23)3-2-6-20-16/h1-6H,7-10H2,(H2,19,23). The molecule has 138 valence electrons. The largest absolute Gasteiger partial charge is 0.365 e. The van der Waals surface area contributed by atoms with Crippen LogP contribution in [0.3, 0.4) is 0 Å². The number of carbonyl (C=O) groups excluding carboxylic acids is 1. The molecule has 1 amide bonds. The number of amides is 1. The summed E-state index contributed by atoms with van der Waals surface area (Å²) >= 11 is 0. The molecule has 1 aliphatic rings. The second kappa shape index (κ2) is 6.96. The van der Waals surface area contributed by atoms with Gasteiger partial charge in [-0.05, 0) is 24.3 Å². The van der Waals surface area contributed by atoms with Gasteiger partial charge in [-0.3, -0.25) is 4.79 Å². The summed E-state index contributed by atoms with van der Waals surface area (Å²) in [5, 5.41) is 0. The summed E-state index contributed by atoms with van der Waals surface area (Å²) in [5.41, 5.74) is 5.56. The van der Waals surface area contributed by atoms with Crippen LogP contribution in [0.2, 0.25) is 0 Å². The first kappa shape index (κ1) is 18.2. The molecule has 0 aliphatic carbocycles. The molecule has 0 spiro atoms. The number of benzene rings is 1. The molecule has 0 atom stereocenters. The Balaban J connectivity index is 1.82. The number of primary amides is 1. The van der Waals surface area contributed by atoms with Gasteiger partial charge in [0.2, 0.25) is 10.0 Å². The molecule has 0 radical (unpaired) electrons. The van der Waals surface area contributed by atoms with Crippen LogP contribution in [0.15, 0.2) is 41.4 Å². The molecule has 0 saturated carbocycles. The van der Waals surface area contributed by atoms with Crippen LogP contribution >= 0.6 is 0 Å². The second-order valence-electron chi connectivity index (χ2n) is 5.68. The quantitative estimate of drug-likeness (QED) is 0.850. The van der Waals surface area contributed by atoms with Crippen LogP contribution in [0.1, 0.15) is 10.4 Å². The van der Waals surface area contributed by atoms with Gasteiger partial charge < -0.3 is 10.6 Å². The average molecular weight is 382 g/mol. The molecule has 0 bridgehead atoms. The number of carbonyl (C=O) groups is 1. The van der Waals surface area contributed by atoms with Crippen LogP contribution in [0.4, 0.5) is 14.6 Å². The van der Waals surface area contributed by atoms with Crippen molar-refractivity contribution in [3.8, 4) is 0 Å². The maximum atomic E-state index is 13.9. The highest BCUT2D eigenvalue weighted by atomic mass is 32.2. The fourth-order valence-corrected chi connectivity index (χ4v) is 4.37. The molecule has 10 heteroatoms. The summed E-state index contributed by atoms with van der Waals surface area (Å²) in [6.07, 6.45) is 1.50. The number of halogens is 2. The molecule has 1 aromatic heterocycles. The first-order valence-electron chi connectivity index (χ1n) is 7.76. The predicted octanol–water partition coefficient (Wildman–Crippen LogP) is 0.970. The smallest absolute Gasteiger partial charge is 0.252 e. The summed E-state index contributed by atoms with van der Waals surface area (Å²) in [7, 11) is -4.31. The van der Waals surface area contributed by atoms with Gasteiger partial charge in [0.15, 0.2) is 4.90 Å². The molecule has 1 saturated heterocycles. The van der Waals surface area contributed by atoms with Crippen LogP contribution in [0.5, 0.6) is 0 Å². The second-order valence-corrected chi connectivity index (χ2v) is 7.56. The summed E-state index contributed by atoms with van der Waals surface area (Å²) in [6, 6.07) is 6.01. The van der Waals surface area contributed by atoms with Gasteiger partial charge in [0.25, 0.3) is 5.91 Å². The number of pyridine rings is 1. The molecule has 1 aromatic carbocycles. The van der Waals surface area contributed by atoms with E-state index in [0.29, 0.717) is 5.82 Å². The highest BCUT2D eigenvalue weighted by Crippen LogP contribution is 2.25. The first-order chi connectivity index (χ1) is 12.3. The average Bonchev–Trinajstić information content (AvgIpc) is 2.61. The molecule has 7 nitrogen and oxygen atoms in total. The molecule has 2 heterocycles. The van der Waals surface area contributed by atoms with Crippen molar-refractivity contribution in [1.29, 1.82) is 0 Å². The number of sulfonamides is 1. The first-order valence-corrected chi connectivity index (χ1v) is 9.20. The number of rotatable bonds is 4. The Morgan fingerprint density at radius 3 is 2.23 bits per heavy atom. The third kappa shape index (κ3) is 3.25. The lowest BCUT2D eigenvalue weighted by atomic mass is 10.2. The Morgan fingerprint density at radius 1 is 1.04 bits per heavy atom. The normalized spacial score (nSPS) is 15.8. The SMILES string of the molecule is NC(=O)c1cccnc1N1CCN(S(=O)(=O)c2c(F)cccc2F)CC1. The fourth-order valence-electron chi connectivity index (χ4n) is 2.84. The molecule has 1 fully saturated rings. The summed E-state index contributed by atoms with van der Waals surface area (Å²) in [5.74, 6) is -2.55. The van der Waals surface area contributed by atoms with Crippen LogP contribution in [0, 0.1) is 11.6 Å². The summed E-state index contributed by atoms with van der Waals surface area (Å²) in [4.78, 5) is 16.4. The van der Waals surface area contributed by atoms with Crippen molar-refractivity contribution in [3.05, 3.63) is 53.7 Å². The van der Waals surface area contributed by atoms with Crippen molar-refractivity contribution in [2.24, 2.45) is 5.73 Å².